The second-order valence-electron chi connectivity index (χ2n) is 7.72. The minimum absolute atomic E-state index is 0.176. The van der Waals surface area contributed by atoms with Gasteiger partial charge < -0.3 is 14.8 Å². The maximum Gasteiger partial charge on any atom is 0.326 e. The molecule has 3 amide bonds. The fourth-order valence-corrected chi connectivity index (χ4v) is 4.07. The molecular formula is C22H24FN3O4. The molecule has 8 heteroatoms. The molecule has 1 saturated heterocycles. The summed E-state index contributed by atoms with van der Waals surface area (Å²) in [4.78, 5) is 29.0. The van der Waals surface area contributed by atoms with E-state index in [1.54, 1.807) is 21.1 Å². The Morgan fingerprint density at radius 1 is 1.07 bits per heavy atom. The van der Waals surface area contributed by atoms with Crippen molar-refractivity contribution in [2.45, 2.75) is 25.4 Å². The van der Waals surface area contributed by atoms with Crippen LogP contribution in [0.5, 0.6) is 11.5 Å². The summed E-state index contributed by atoms with van der Waals surface area (Å²) in [6.07, 6.45) is 0.772. The SMILES string of the molecule is COc1cc2c(cc1OC)CN(CN1C(=O)N[C@@](C)(c3ccc(F)cc3)C1=O)CC2. The molecule has 0 aromatic heterocycles. The van der Waals surface area contributed by atoms with E-state index in [1.807, 2.05) is 17.0 Å². The maximum absolute atomic E-state index is 13.3. The molecule has 1 N–H and O–H groups in total. The van der Waals surface area contributed by atoms with Gasteiger partial charge in [-0.25, -0.2) is 14.1 Å². The minimum atomic E-state index is -1.21. The molecule has 0 radical (unpaired) electrons. The number of hydrogen-bond acceptors (Lipinski definition) is 5. The van der Waals surface area contributed by atoms with Crippen LogP contribution < -0.4 is 14.8 Å². The van der Waals surface area contributed by atoms with Gasteiger partial charge in [-0.2, -0.15) is 0 Å². The first-order chi connectivity index (χ1) is 14.4. The van der Waals surface area contributed by atoms with Crippen LogP contribution in [0.1, 0.15) is 23.6 Å². The zero-order valence-electron chi connectivity index (χ0n) is 17.2. The van der Waals surface area contributed by atoms with Gasteiger partial charge in [-0.15, -0.1) is 0 Å². The molecule has 2 aromatic rings. The molecule has 2 heterocycles. The average molecular weight is 413 g/mol. The molecule has 4 rings (SSSR count). The number of benzene rings is 2. The van der Waals surface area contributed by atoms with Crippen molar-refractivity contribution in [2.24, 2.45) is 0 Å². The monoisotopic (exact) mass is 413 g/mol. The lowest BCUT2D eigenvalue weighted by Crippen LogP contribution is -2.45. The standard InChI is InChI=1S/C22H24FN3O4/c1-22(16-4-6-17(23)7-5-16)20(27)26(21(28)24-22)13-25-9-8-14-10-18(29-2)19(30-3)11-15(14)12-25/h4-7,10-11H,8-9,12-13H2,1-3H3,(H,24,28)/t22-/m0/s1. The number of hydrogen-bond donors (Lipinski definition) is 1. The highest BCUT2D eigenvalue weighted by molar-refractivity contribution is 6.07. The first kappa shape index (κ1) is 20.2. The quantitative estimate of drug-likeness (QED) is 0.763. The third kappa shape index (κ3) is 3.37. The number of fused-ring (bicyclic) bond motifs is 1. The van der Waals surface area contributed by atoms with Crippen molar-refractivity contribution in [2.75, 3.05) is 27.4 Å². The smallest absolute Gasteiger partial charge is 0.326 e. The number of nitrogens with zero attached hydrogens (tertiary/aromatic N) is 2. The molecule has 2 aliphatic rings. The van der Waals surface area contributed by atoms with Crippen molar-refractivity contribution in [3.8, 4) is 11.5 Å². The normalized spacial score (nSPS) is 21.4. The lowest BCUT2D eigenvalue weighted by atomic mass is 9.92. The number of imide groups is 1. The Hall–Kier alpha value is -3.13. The van der Waals surface area contributed by atoms with E-state index in [9.17, 15) is 14.0 Å². The minimum Gasteiger partial charge on any atom is -0.493 e. The second-order valence-corrected chi connectivity index (χ2v) is 7.72. The van der Waals surface area contributed by atoms with Crippen LogP contribution >= 0.6 is 0 Å². The lowest BCUT2D eigenvalue weighted by molar-refractivity contribution is -0.132. The molecular weight excluding hydrogens is 389 g/mol. The van der Waals surface area contributed by atoms with E-state index in [-0.39, 0.29) is 12.6 Å². The number of urea groups is 1. The Labute approximate surface area is 174 Å². The largest absolute Gasteiger partial charge is 0.493 e. The van der Waals surface area contributed by atoms with Gasteiger partial charge in [0.15, 0.2) is 11.5 Å². The van der Waals surface area contributed by atoms with E-state index < -0.39 is 17.4 Å². The third-order valence-electron chi connectivity index (χ3n) is 5.84. The second kappa shape index (κ2) is 7.60. The van der Waals surface area contributed by atoms with Gasteiger partial charge in [-0.05, 0) is 54.3 Å². The van der Waals surface area contributed by atoms with Crippen molar-refractivity contribution in [3.63, 3.8) is 0 Å². The first-order valence-electron chi connectivity index (χ1n) is 9.72. The Morgan fingerprint density at radius 3 is 2.33 bits per heavy atom. The summed E-state index contributed by atoms with van der Waals surface area (Å²) in [6.45, 7) is 3.10. The molecule has 0 aliphatic carbocycles. The molecule has 0 spiro atoms. The summed E-state index contributed by atoms with van der Waals surface area (Å²) in [5.41, 5.74) is 1.57. The van der Waals surface area contributed by atoms with E-state index in [0.717, 1.165) is 17.5 Å². The fraction of sp³-hybridized carbons (Fsp3) is 0.364. The molecule has 158 valence electrons. The summed E-state index contributed by atoms with van der Waals surface area (Å²) in [6, 6.07) is 9.07. The van der Waals surface area contributed by atoms with E-state index in [4.69, 9.17) is 9.47 Å². The highest BCUT2D eigenvalue weighted by atomic mass is 19.1. The summed E-state index contributed by atoms with van der Waals surface area (Å²) >= 11 is 0. The van der Waals surface area contributed by atoms with Crippen LogP contribution in [-0.2, 0) is 23.3 Å². The first-order valence-corrected chi connectivity index (χ1v) is 9.72. The summed E-state index contributed by atoms with van der Waals surface area (Å²) in [7, 11) is 3.20. The van der Waals surface area contributed by atoms with E-state index in [0.29, 0.717) is 30.2 Å². The number of carbonyl (C=O) groups excluding carboxylic acids is 2. The van der Waals surface area contributed by atoms with Gasteiger partial charge in [-0.3, -0.25) is 9.69 Å². The lowest BCUT2D eigenvalue weighted by Gasteiger charge is -2.32. The molecule has 7 nitrogen and oxygen atoms in total. The number of nitrogens with one attached hydrogen (secondary N) is 1. The van der Waals surface area contributed by atoms with E-state index in [1.165, 1.54) is 29.2 Å². The van der Waals surface area contributed by atoms with Gasteiger partial charge in [0.05, 0.1) is 20.9 Å². The van der Waals surface area contributed by atoms with Crippen LogP contribution in [0.2, 0.25) is 0 Å². The van der Waals surface area contributed by atoms with Crippen LogP contribution in [0.15, 0.2) is 36.4 Å². The van der Waals surface area contributed by atoms with Gasteiger partial charge in [0.1, 0.15) is 11.4 Å². The third-order valence-corrected chi connectivity index (χ3v) is 5.84. The van der Waals surface area contributed by atoms with Gasteiger partial charge in [0.25, 0.3) is 5.91 Å². The molecule has 1 fully saturated rings. The highest BCUT2D eigenvalue weighted by Crippen LogP contribution is 2.34. The Balaban J connectivity index is 1.52. The number of halogens is 1. The van der Waals surface area contributed by atoms with Crippen molar-refractivity contribution in [1.82, 2.24) is 15.1 Å². The Kier molecular flexibility index (Phi) is 5.11. The summed E-state index contributed by atoms with van der Waals surface area (Å²) in [5.74, 6) is 0.595. The Bertz CT molecular complexity index is 995. The van der Waals surface area contributed by atoms with Crippen molar-refractivity contribution in [1.29, 1.82) is 0 Å². The molecule has 2 aromatic carbocycles. The van der Waals surface area contributed by atoms with Crippen molar-refractivity contribution >= 4 is 11.9 Å². The topological polar surface area (TPSA) is 71.1 Å². The predicted molar refractivity (Wildman–Crippen MR) is 108 cm³/mol. The molecule has 0 bridgehead atoms. The molecule has 2 aliphatic heterocycles. The maximum atomic E-state index is 13.3. The summed E-state index contributed by atoms with van der Waals surface area (Å²) < 4.78 is 24.0. The zero-order chi connectivity index (χ0) is 21.5. The van der Waals surface area contributed by atoms with Gasteiger partial charge in [-0.1, -0.05) is 12.1 Å². The number of ether oxygens (including phenoxy) is 2. The number of amides is 3. The zero-order valence-corrected chi connectivity index (χ0v) is 17.2. The van der Waals surface area contributed by atoms with E-state index >= 15 is 0 Å². The fourth-order valence-electron chi connectivity index (χ4n) is 4.07. The molecule has 0 saturated carbocycles. The van der Waals surface area contributed by atoms with Crippen molar-refractivity contribution in [3.05, 3.63) is 58.9 Å². The van der Waals surface area contributed by atoms with Gasteiger partial charge in [0, 0.05) is 13.1 Å². The van der Waals surface area contributed by atoms with Gasteiger partial charge >= 0.3 is 6.03 Å². The van der Waals surface area contributed by atoms with Crippen LogP contribution in [0.3, 0.4) is 0 Å². The Morgan fingerprint density at radius 2 is 1.70 bits per heavy atom. The van der Waals surface area contributed by atoms with E-state index in [2.05, 4.69) is 5.32 Å². The van der Waals surface area contributed by atoms with Gasteiger partial charge in [0.2, 0.25) is 0 Å². The molecule has 0 unspecified atom stereocenters. The number of methoxy groups -OCH3 is 2. The molecule has 1 atom stereocenters. The molecule has 30 heavy (non-hydrogen) atoms. The van der Waals surface area contributed by atoms with Crippen LogP contribution in [0.25, 0.3) is 0 Å². The van der Waals surface area contributed by atoms with Crippen LogP contribution in [0.4, 0.5) is 9.18 Å². The van der Waals surface area contributed by atoms with Crippen LogP contribution in [-0.4, -0.2) is 49.2 Å². The highest BCUT2D eigenvalue weighted by Gasteiger charge is 2.49. The average Bonchev–Trinajstić information content (AvgIpc) is 2.96. The number of carbonyl (C=O) groups is 2. The predicted octanol–water partition coefficient (Wildman–Crippen LogP) is 2.63. The van der Waals surface area contributed by atoms with Crippen molar-refractivity contribution < 1.29 is 23.5 Å². The summed E-state index contributed by atoms with van der Waals surface area (Å²) in [5, 5.41) is 2.76. The number of rotatable bonds is 5. The van der Waals surface area contributed by atoms with Crippen LogP contribution in [0, 0.1) is 5.82 Å².